The second kappa shape index (κ2) is 7.64. The van der Waals surface area contributed by atoms with Crippen LogP contribution in [0.3, 0.4) is 0 Å². The number of aliphatic hydroxyl groups excluding tert-OH is 1. The number of methoxy groups -OCH3 is 1. The zero-order valence-electron chi connectivity index (χ0n) is 10.3. The standard InChI is InChI=1S/C14H19BrO2/c1-11(7-5-6-10-16)14(17-2)12-8-3-4-9-13(12)15/h3-5,7-9,11,14,16H,6,10H2,1-2H3/t11-,14+/m1/s1. The van der Waals surface area contributed by atoms with Gasteiger partial charge >= 0.3 is 0 Å². The van der Waals surface area contributed by atoms with E-state index in [1.54, 1.807) is 7.11 Å². The molecule has 2 atom stereocenters. The summed E-state index contributed by atoms with van der Waals surface area (Å²) in [6, 6.07) is 8.09. The first-order valence-electron chi connectivity index (χ1n) is 5.75. The van der Waals surface area contributed by atoms with Crippen molar-refractivity contribution in [1.82, 2.24) is 0 Å². The van der Waals surface area contributed by atoms with Gasteiger partial charge in [-0.25, -0.2) is 0 Å². The summed E-state index contributed by atoms with van der Waals surface area (Å²) in [6.45, 7) is 2.30. The third-order valence-corrected chi connectivity index (χ3v) is 3.40. The fraction of sp³-hybridized carbons (Fsp3) is 0.429. The summed E-state index contributed by atoms with van der Waals surface area (Å²) in [5.74, 6) is 0.269. The molecule has 0 fully saturated rings. The summed E-state index contributed by atoms with van der Waals surface area (Å²) in [7, 11) is 1.72. The Morgan fingerprint density at radius 2 is 2.12 bits per heavy atom. The van der Waals surface area contributed by atoms with E-state index in [4.69, 9.17) is 9.84 Å². The van der Waals surface area contributed by atoms with Gasteiger partial charge in [-0.05, 0) is 18.1 Å². The zero-order valence-corrected chi connectivity index (χ0v) is 11.9. The molecule has 0 bridgehead atoms. The van der Waals surface area contributed by atoms with Crippen molar-refractivity contribution in [2.24, 2.45) is 5.92 Å². The van der Waals surface area contributed by atoms with Gasteiger partial charge in [0.25, 0.3) is 0 Å². The van der Waals surface area contributed by atoms with Gasteiger partial charge in [0, 0.05) is 24.1 Å². The van der Waals surface area contributed by atoms with Crippen molar-refractivity contribution in [2.75, 3.05) is 13.7 Å². The highest BCUT2D eigenvalue weighted by Crippen LogP contribution is 2.31. The van der Waals surface area contributed by atoms with Gasteiger partial charge in [-0.1, -0.05) is 53.2 Å². The molecule has 1 rings (SSSR count). The van der Waals surface area contributed by atoms with E-state index >= 15 is 0 Å². The predicted molar refractivity (Wildman–Crippen MR) is 73.9 cm³/mol. The molecule has 1 aromatic carbocycles. The van der Waals surface area contributed by atoms with Crippen LogP contribution in [0.5, 0.6) is 0 Å². The van der Waals surface area contributed by atoms with Crippen LogP contribution in [0.1, 0.15) is 25.0 Å². The predicted octanol–water partition coefficient (Wildman–Crippen LogP) is 3.71. The van der Waals surface area contributed by atoms with Crippen molar-refractivity contribution in [2.45, 2.75) is 19.4 Å². The topological polar surface area (TPSA) is 29.5 Å². The Labute approximate surface area is 111 Å². The summed E-state index contributed by atoms with van der Waals surface area (Å²) >= 11 is 3.54. The molecular formula is C14H19BrO2. The van der Waals surface area contributed by atoms with Crippen LogP contribution in [0.15, 0.2) is 40.9 Å². The molecule has 17 heavy (non-hydrogen) atoms. The number of hydrogen-bond acceptors (Lipinski definition) is 2. The fourth-order valence-electron chi connectivity index (χ4n) is 1.82. The van der Waals surface area contributed by atoms with Gasteiger partial charge in [0.2, 0.25) is 0 Å². The molecule has 0 saturated heterocycles. The molecule has 0 radical (unpaired) electrons. The quantitative estimate of drug-likeness (QED) is 0.811. The molecule has 0 aliphatic carbocycles. The number of halogens is 1. The van der Waals surface area contributed by atoms with E-state index in [2.05, 4.69) is 35.0 Å². The molecule has 0 amide bonds. The van der Waals surface area contributed by atoms with Crippen LogP contribution in [0.4, 0.5) is 0 Å². The van der Waals surface area contributed by atoms with E-state index in [9.17, 15) is 0 Å². The van der Waals surface area contributed by atoms with Gasteiger partial charge in [0.05, 0.1) is 6.10 Å². The van der Waals surface area contributed by atoms with E-state index in [1.807, 2.05) is 24.3 Å². The molecule has 0 saturated carbocycles. The second-order valence-corrected chi connectivity index (χ2v) is 4.83. The van der Waals surface area contributed by atoms with Crippen LogP contribution in [0.25, 0.3) is 0 Å². The lowest BCUT2D eigenvalue weighted by molar-refractivity contribution is 0.0735. The van der Waals surface area contributed by atoms with Gasteiger partial charge in [0.1, 0.15) is 0 Å². The highest BCUT2D eigenvalue weighted by Gasteiger charge is 2.18. The maximum atomic E-state index is 8.75. The highest BCUT2D eigenvalue weighted by molar-refractivity contribution is 9.10. The lowest BCUT2D eigenvalue weighted by atomic mass is 9.96. The van der Waals surface area contributed by atoms with Crippen LogP contribution in [0, 0.1) is 5.92 Å². The molecule has 2 nitrogen and oxygen atoms in total. The molecule has 0 heterocycles. The van der Waals surface area contributed by atoms with Gasteiger partial charge in [0.15, 0.2) is 0 Å². The van der Waals surface area contributed by atoms with Crippen molar-refractivity contribution in [3.05, 3.63) is 46.5 Å². The first-order chi connectivity index (χ1) is 8.20. The average Bonchev–Trinajstić information content (AvgIpc) is 2.33. The van der Waals surface area contributed by atoms with E-state index in [-0.39, 0.29) is 18.6 Å². The van der Waals surface area contributed by atoms with E-state index in [1.165, 1.54) is 0 Å². The number of hydrogen-bond donors (Lipinski definition) is 1. The Morgan fingerprint density at radius 3 is 2.71 bits per heavy atom. The fourth-order valence-corrected chi connectivity index (χ4v) is 2.33. The monoisotopic (exact) mass is 298 g/mol. The zero-order chi connectivity index (χ0) is 12.7. The molecule has 94 valence electrons. The summed E-state index contributed by atoms with van der Waals surface area (Å²) in [5, 5.41) is 8.75. The molecule has 1 aromatic rings. The molecule has 0 aliphatic rings. The second-order valence-electron chi connectivity index (χ2n) is 3.98. The molecule has 0 spiro atoms. The lowest BCUT2D eigenvalue weighted by Crippen LogP contribution is -2.10. The third kappa shape index (κ3) is 4.26. The number of aliphatic hydroxyl groups is 1. The van der Waals surface area contributed by atoms with Crippen LogP contribution >= 0.6 is 15.9 Å². The van der Waals surface area contributed by atoms with Crippen LogP contribution in [-0.2, 0) is 4.74 Å². The molecule has 0 unspecified atom stereocenters. The summed E-state index contributed by atoms with van der Waals surface area (Å²) in [5.41, 5.74) is 1.15. The summed E-state index contributed by atoms with van der Waals surface area (Å²) in [4.78, 5) is 0. The Kier molecular flexibility index (Phi) is 6.48. The molecular weight excluding hydrogens is 280 g/mol. The van der Waals surface area contributed by atoms with Gasteiger partial charge < -0.3 is 9.84 Å². The Bertz CT molecular complexity index is 363. The van der Waals surface area contributed by atoms with E-state index in [0.29, 0.717) is 6.42 Å². The first kappa shape index (κ1) is 14.4. The van der Waals surface area contributed by atoms with Crippen LogP contribution in [-0.4, -0.2) is 18.8 Å². The number of rotatable bonds is 6. The Morgan fingerprint density at radius 1 is 1.41 bits per heavy atom. The molecule has 0 aliphatic heterocycles. The maximum absolute atomic E-state index is 8.75. The number of ether oxygens (including phenoxy) is 1. The number of benzene rings is 1. The lowest BCUT2D eigenvalue weighted by Gasteiger charge is -2.21. The van der Waals surface area contributed by atoms with E-state index < -0.39 is 0 Å². The van der Waals surface area contributed by atoms with Crippen molar-refractivity contribution in [3.63, 3.8) is 0 Å². The van der Waals surface area contributed by atoms with Crippen LogP contribution < -0.4 is 0 Å². The Hall–Kier alpha value is -0.640. The first-order valence-corrected chi connectivity index (χ1v) is 6.54. The van der Waals surface area contributed by atoms with E-state index in [0.717, 1.165) is 10.0 Å². The van der Waals surface area contributed by atoms with Crippen molar-refractivity contribution in [3.8, 4) is 0 Å². The summed E-state index contributed by atoms with van der Waals surface area (Å²) in [6.07, 6.45) is 4.80. The Balaban J connectivity index is 2.81. The largest absolute Gasteiger partial charge is 0.396 e. The minimum absolute atomic E-state index is 0.0283. The van der Waals surface area contributed by atoms with Crippen molar-refractivity contribution in [1.29, 1.82) is 0 Å². The van der Waals surface area contributed by atoms with Crippen LogP contribution in [0.2, 0.25) is 0 Å². The smallest absolute Gasteiger partial charge is 0.0891 e. The SMILES string of the molecule is CO[C@H](c1ccccc1Br)[C@H](C)C=CCCO. The highest BCUT2D eigenvalue weighted by atomic mass is 79.9. The van der Waals surface area contributed by atoms with Gasteiger partial charge in [-0.15, -0.1) is 0 Å². The minimum Gasteiger partial charge on any atom is -0.396 e. The summed E-state index contributed by atoms with van der Waals surface area (Å²) < 4.78 is 6.63. The maximum Gasteiger partial charge on any atom is 0.0891 e. The molecule has 1 N–H and O–H groups in total. The van der Waals surface area contributed by atoms with Crippen molar-refractivity contribution >= 4 is 15.9 Å². The molecule has 3 heteroatoms. The van der Waals surface area contributed by atoms with Gasteiger partial charge in [-0.2, -0.15) is 0 Å². The van der Waals surface area contributed by atoms with Gasteiger partial charge in [-0.3, -0.25) is 0 Å². The average molecular weight is 299 g/mol. The minimum atomic E-state index is 0.0283. The normalized spacial score (nSPS) is 15.1. The van der Waals surface area contributed by atoms with Crippen molar-refractivity contribution < 1.29 is 9.84 Å². The third-order valence-electron chi connectivity index (χ3n) is 2.68. The molecule has 0 aromatic heterocycles.